The van der Waals surface area contributed by atoms with Crippen LogP contribution in [-0.4, -0.2) is 44.5 Å². The lowest BCUT2D eigenvalue weighted by atomic mass is 10.0. The van der Waals surface area contributed by atoms with Crippen LogP contribution < -0.4 is 14.8 Å². The Morgan fingerprint density at radius 3 is 2.32 bits per heavy atom. The quantitative estimate of drug-likeness (QED) is 0.722. The molecule has 0 saturated heterocycles. The van der Waals surface area contributed by atoms with Gasteiger partial charge in [-0.05, 0) is 29.7 Å². The number of carbonyl (C=O) groups excluding carboxylic acids is 2. The van der Waals surface area contributed by atoms with Crippen molar-refractivity contribution in [3.8, 4) is 11.5 Å². The number of nitrogens with one attached hydrogen (secondary N) is 1. The zero-order valence-electron chi connectivity index (χ0n) is 16.9. The lowest BCUT2D eigenvalue weighted by Crippen LogP contribution is -2.34. The molecule has 0 fully saturated rings. The topological polar surface area (TPSA) is 67.9 Å². The molecule has 0 aliphatic rings. The van der Waals surface area contributed by atoms with Crippen molar-refractivity contribution in [3.63, 3.8) is 0 Å². The predicted molar refractivity (Wildman–Crippen MR) is 109 cm³/mol. The normalized spacial score (nSPS) is 11.4. The summed E-state index contributed by atoms with van der Waals surface area (Å²) in [4.78, 5) is 25.9. The summed E-state index contributed by atoms with van der Waals surface area (Å²) in [7, 11) is 4.98. The second-order valence-corrected chi connectivity index (χ2v) is 6.62. The van der Waals surface area contributed by atoms with Crippen LogP contribution in [0, 0.1) is 0 Å². The van der Waals surface area contributed by atoms with Gasteiger partial charge >= 0.3 is 0 Å². The Morgan fingerprint density at radius 1 is 1.04 bits per heavy atom. The van der Waals surface area contributed by atoms with Gasteiger partial charge in [-0.1, -0.05) is 36.4 Å². The first-order valence-corrected chi connectivity index (χ1v) is 9.21. The van der Waals surface area contributed by atoms with Gasteiger partial charge in [0.15, 0.2) is 11.5 Å². The van der Waals surface area contributed by atoms with E-state index in [1.807, 2.05) is 48.5 Å². The maximum absolute atomic E-state index is 12.7. The molecule has 0 unspecified atom stereocenters. The Balaban J connectivity index is 1.98. The summed E-state index contributed by atoms with van der Waals surface area (Å²) < 4.78 is 10.6. The molecule has 0 bridgehead atoms. The number of methoxy groups -OCH3 is 2. The van der Waals surface area contributed by atoms with Crippen molar-refractivity contribution >= 4 is 11.8 Å². The third-order valence-electron chi connectivity index (χ3n) is 4.57. The van der Waals surface area contributed by atoms with Gasteiger partial charge in [-0.2, -0.15) is 0 Å². The van der Waals surface area contributed by atoms with Crippen molar-refractivity contribution in [1.82, 2.24) is 10.2 Å². The number of benzene rings is 2. The molecular formula is C22H28N2O4. The minimum Gasteiger partial charge on any atom is -0.493 e. The number of hydrogen-bond acceptors (Lipinski definition) is 4. The molecule has 0 saturated carbocycles. The highest BCUT2D eigenvalue weighted by molar-refractivity contribution is 5.79. The van der Waals surface area contributed by atoms with Crippen LogP contribution in [-0.2, 0) is 16.0 Å². The number of rotatable bonds is 9. The maximum Gasteiger partial charge on any atom is 0.224 e. The minimum absolute atomic E-state index is 0.0249. The first-order valence-electron chi connectivity index (χ1n) is 9.21. The van der Waals surface area contributed by atoms with Gasteiger partial charge in [0.25, 0.3) is 0 Å². The molecule has 6 heteroatoms. The van der Waals surface area contributed by atoms with E-state index in [4.69, 9.17) is 9.47 Å². The second kappa shape index (κ2) is 10.3. The monoisotopic (exact) mass is 384 g/mol. The molecule has 2 rings (SSSR count). The fourth-order valence-corrected chi connectivity index (χ4v) is 2.97. The van der Waals surface area contributed by atoms with Crippen LogP contribution in [0.2, 0.25) is 0 Å². The molecule has 2 aromatic carbocycles. The van der Waals surface area contributed by atoms with Crippen molar-refractivity contribution in [2.75, 3.05) is 27.8 Å². The van der Waals surface area contributed by atoms with E-state index in [-0.39, 0.29) is 24.3 Å². The number of amides is 2. The standard InChI is InChI=1S/C22H28N2O4/c1-16(25)23-19(18-8-6-5-7-9-18)15-22(26)24(2)13-12-17-10-11-20(27-3)21(14-17)28-4/h5-11,14,19H,12-13,15H2,1-4H3,(H,23,25)/t19-/m0/s1. The molecule has 2 amide bonds. The number of ether oxygens (including phenoxy) is 2. The first kappa shape index (κ1) is 21.3. The molecule has 2 aromatic rings. The third-order valence-corrected chi connectivity index (χ3v) is 4.57. The van der Waals surface area contributed by atoms with Gasteiger partial charge in [0.2, 0.25) is 11.8 Å². The molecule has 6 nitrogen and oxygen atoms in total. The highest BCUT2D eigenvalue weighted by Gasteiger charge is 2.19. The molecule has 28 heavy (non-hydrogen) atoms. The van der Waals surface area contributed by atoms with Crippen molar-refractivity contribution in [2.24, 2.45) is 0 Å². The van der Waals surface area contributed by atoms with Crippen LogP contribution in [0.5, 0.6) is 11.5 Å². The van der Waals surface area contributed by atoms with Gasteiger partial charge < -0.3 is 19.7 Å². The smallest absolute Gasteiger partial charge is 0.224 e. The summed E-state index contributed by atoms with van der Waals surface area (Å²) in [6.07, 6.45) is 0.908. The van der Waals surface area contributed by atoms with Crippen molar-refractivity contribution in [2.45, 2.75) is 25.8 Å². The fraction of sp³-hybridized carbons (Fsp3) is 0.364. The van der Waals surface area contributed by atoms with Gasteiger partial charge in [-0.3, -0.25) is 9.59 Å². The number of nitrogens with zero attached hydrogens (tertiary/aromatic N) is 1. The van der Waals surface area contributed by atoms with Gasteiger partial charge in [-0.15, -0.1) is 0 Å². The summed E-state index contributed by atoms with van der Waals surface area (Å²) in [5.74, 6) is 1.16. The lowest BCUT2D eigenvalue weighted by molar-refractivity contribution is -0.130. The summed E-state index contributed by atoms with van der Waals surface area (Å²) in [6, 6.07) is 14.9. The minimum atomic E-state index is -0.338. The van der Waals surface area contributed by atoms with E-state index in [1.54, 1.807) is 26.2 Å². The Morgan fingerprint density at radius 2 is 1.71 bits per heavy atom. The Kier molecular flexibility index (Phi) is 7.87. The SMILES string of the molecule is COc1ccc(CCN(C)C(=O)C[C@H](NC(C)=O)c2ccccc2)cc1OC. The summed E-state index contributed by atoms with van der Waals surface area (Å²) >= 11 is 0. The largest absolute Gasteiger partial charge is 0.493 e. The van der Waals surface area contributed by atoms with Gasteiger partial charge in [0, 0.05) is 20.5 Å². The van der Waals surface area contributed by atoms with Crippen LogP contribution >= 0.6 is 0 Å². The number of carbonyl (C=O) groups is 2. The molecule has 0 radical (unpaired) electrons. The number of likely N-dealkylation sites (N-methyl/N-ethyl adjacent to an activating group) is 1. The van der Waals surface area contributed by atoms with Crippen molar-refractivity contribution in [1.29, 1.82) is 0 Å². The zero-order valence-corrected chi connectivity index (χ0v) is 16.9. The second-order valence-electron chi connectivity index (χ2n) is 6.62. The van der Waals surface area contributed by atoms with E-state index in [1.165, 1.54) is 6.92 Å². The van der Waals surface area contributed by atoms with Crippen LogP contribution in [0.4, 0.5) is 0 Å². The maximum atomic E-state index is 12.7. The highest BCUT2D eigenvalue weighted by atomic mass is 16.5. The Bertz CT molecular complexity index is 792. The van der Waals surface area contributed by atoms with Gasteiger partial charge in [-0.25, -0.2) is 0 Å². The van der Waals surface area contributed by atoms with E-state index in [2.05, 4.69) is 5.32 Å². The van der Waals surface area contributed by atoms with Gasteiger partial charge in [0.05, 0.1) is 26.7 Å². The molecule has 0 aliphatic carbocycles. The highest BCUT2D eigenvalue weighted by Crippen LogP contribution is 2.27. The average molecular weight is 384 g/mol. The van der Waals surface area contributed by atoms with Gasteiger partial charge in [0.1, 0.15) is 0 Å². The molecule has 0 spiro atoms. The van der Waals surface area contributed by atoms with Crippen LogP contribution in [0.3, 0.4) is 0 Å². The summed E-state index contributed by atoms with van der Waals surface area (Å²) in [5.41, 5.74) is 1.97. The van der Waals surface area contributed by atoms with E-state index in [9.17, 15) is 9.59 Å². The average Bonchev–Trinajstić information content (AvgIpc) is 2.71. The van der Waals surface area contributed by atoms with Crippen molar-refractivity contribution < 1.29 is 19.1 Å². The third kappa shape index (κ3) is 6.01. The summed E-state index contributed by atoms with van der Waals surface area (Å²) in [6.45, 7) is 2.02. The lowest BCUT2D eigenvalue weighted by Gasteiger charge is -2.23. The summed E-state index contributed by atoms with van der Waals surface area (Å²) in [5, 5.41) is 2.87. The van der Waals surface area contributed by atoms with E-state index in [0.29, 0.717) is 24.5 Å². The van der Waals surface area contributed by atoms with E-state index in [0.717, 1.165) is 11.1 Å². The Labute approximate surface area is 166 Å². The fourth-order valence-electron chi connectivity index (χ4n) is 2.97. The Hall–Kier alpha value is -3.02. The van der Waals surface area contributed by atoms with Crippen molar-refractivity contribution in [3.05, 3.63) is 59.7 Å². The first-order chi connectivity index (χ1) is 13.4. The molecule has 150 valence electrons. The zero-order chi connectivity index (χ0) is 20.5. The predicted octanol–water partition coefficient (Wildman–Crippen LogP) is 2.97. The van der Waals surface area contributed by atoms with E-state index < -0.39 is 0 Å². The number of hydrogen-bond donors (Lipinski definition) is 1. The molecule has 0 heterocycles. The molecule has 0 aliphatic heterocycles. The van der Waals surface area contributed by atoms with Crippen LogP contribution in [0.25, 0.3) is 0 Å². The van der Waals surface area contributed by atoms with Crippen LogP contribution in [0.1, 0.15) is 30.5 Å². The van der Waals surface area contributed by atoms with Crippen LogP contribution in [0.15, 0.2) is 48.5 Å². The molecule has 1 atom stereocenters. The molecule has 0 aromatic heterocycles. The molecular weight excluding hydrogens is 356 g/mol. The molecule has 1 N–H and O–H groups in total. The van der Waals surface area contributed by atoms with E-state index >= 15 is 0 Å².